The lowest BCUT2D eigenvalue weighted by atomic mass is 10.1. The Morgan fingerprint density at radius 2 is 1.75 bits per heavy atom. The fraction of sp³-hybridized carbons (Fsp3) is 0.318. The molecule has 3 aromatic rings. The Bertz CT molecular complexity index is 955. The lowest BCUT2D eigenvalue weighted by Crippen LogP contribution is -2.07. The van der Waals surface area contributed by atoms with Crippen LogP contribution in [0.25, 0.3) is 16.9 Å². The van der Waals surface area contributed by atoms with E-state index in [4.69, 9.17) is 0 Å². The molecule has 0 amide bonds. The van der Waals surface area contributed by atoms with Gasteiger partial charge in [-0.1, -0.05) is 60.5 Å². The SMILES string of the molecule is Cc1ccc(-c2cnc(SC3CCCC3)n2-c2cccc(C(F)(F)F)c2)cc1. The van der Waals surface area contributed by atoms with Crippen LogP contribution in [-0.4, -0.2) is 14.8 Å². The summed E-state index contributed by atoms with van der Waals surface area (Å²) < 4.78 is 41.7. The zero-order valence-electron chi connectivity index (χ0n) is 15.5. The van der Waals surface area contributed by atoms with Crippen molar-refractivity contribution in [2.75, 3.05) is 0 Å². The van der Waals surface area contributed by atoms with Crippen molar-refractivity contribution in [3.8, 4) is 16.9 Å². The number of thioether (sulfide) groups is 1. The van der Waals surface area contributed by atoms with E-state index in [-0.39, 0.29) is 0 Å². The van der Waals surface area contributed by atoms with Crippen molar-refractivity contribution in [1.82, 2.24) is 9.55 Å². The van der Waals surface area contributed by atoms with E-state index in [1.54, 1.807) is 24.0 Å². The van der Waals surface area contributed by atoms with E-state index in [9.17, 15) is 13.2 Å². The van der Waals surface area contributed by atoms with Crippen LogP contribution < -0.4 is 0 Å². The Balaban J connectivity index is 1.82. The van der Waals surface area contributed by atoms with Crippen LogP contribution in [0.5, 0.6) is 0 Å². The maximum Gasteiger partial charge on any atom is 0.416 e. The van der Waals surface area contributed by atoms with E-state index in [0.29, 0.717) is 10.9 Å². The van der Waals surface area contributed by atoms with Gasteiger partial charge < -0.3 is 0 Å². The molecule has 0 bridgehead atoms. The molecular formula is C22H21F3N2S. The minimum atomic E-state index is -4.38. The predicted octanol–water partition coefficient (Wildman–Crippen LogP) is 6.90. The van der Waals surface area contributed by atoms with E-state index < -0.39 is 11.7 Å². The fourth-order valence-electron chi connectivity index (χ4n) is 3.57. The normalized spacial score (nSPS) is 15.3. The van der Waals surface area contributed by atoms with Crippen LogP contribution >= 0.6 is 11.8 Å². The van der Waals surface area contributed by atoms with Crippen LogP contribution in [0.1, 0.15) is 36.8 Å². The molecule has 0 N–H and O–H groups in total. The lowest BCUT2D eigenvalue weighted by Gasteiger charge is -2.16. The Labute approximate surface area is 166 Å². The summed E-state index contributed by atoms with van der Waals surface area (Å²) in [4.78, 5) is 4.59. The number of nitrogens with zero attached hydrogens (tertiary/aromatic N) is 2. The predicted molar refractivity (Wildman–Crippen MR) is 107 cm³/mol. The molecule has 146 valence electrons. The number of imidazole rings is 1. The number of hydrogen-bond acceptors (Lipinski definition) is 2. The smallest absolute Gasteiger partial charge is 0.287 e. The maximum atomic E-state index is 13.3. The molecule has 1 aliphatic rings. The molecule has 0 saturated heterocycles. The number of alkyl halides is 3. The molecular weight excluding hydrogens is 381 g/mol. The van der Waals surface area contributed by atoms with Crippen molar-refractivity contribution in [1.29, 1.82) is 0 Å². The number of aryl methyl sites for hydroxylation is 1. The number of rotatable bonds is 4. The molecule has 6 heteroatoms. The third-order valence-electron chi connectivity index (χ3n) is 5.08. The van der Waals surface area contributed by atoms with E-state index in [1.807, 2.05) is 35.8 Å². The van der Waals surface area contributed by atoms with Gasteiger partial charge in [-0.25, -0.2) is 4.98 Å². The van der Waals surface area contributed by atoms with E-state index in [0.717, 1.165) is 40.9 Å². The standard InChI is InChI=1S/C22H21F3N2S/c1-15-9-11-16(12-10-15)20-14-26-21(28-19-7-2-3-8-19)27(20)18-6-4-5-17(13-18)22(23,24)25/h4-6,9-14,19H,2-3,7-8H2,1H3. The Morgan fingerprint density at radius 1 is 1.04 bits per heavy atom. The second-order valence-electron chi connectivity index (χ2n) is 7.20. The average Bonchev–Trinajstić information content (AvgIpc) is 3.32. The first kappa shape index (κ1) is 19.1. The minimum absolute atomic E-state index is 0.470. The van der Waals surface area contributed by atoms with E-state index in [1.165, 1.54) is 25.0 Å². The first-order valence-corrected chi connectivity index (χ1v) is 10.3. The molecule has 0 unspecified atom stereocenters. The van der Waals surface area contributed by atoms with Crippen LogP contribution in [-0.2, 0) is 6.18 Å². The van der Waals surface area contributed by atoms with Gasteiger partial charge in [-0.05, 0) is 38.0 Å². The summed E-state index contributed by atoms with van der Waals surface area (Å²) in [6.45, 7) is 2.01. The van der Waals surface area contributed by atoms with Gasteiger partial charge in [0.1, 0.15) is 0 Å². The summed E-state index contributed by atoms with van der Waals surface area (Å²) in [5.74, 6) is 0. The number of benzene rings is 2. The second kappa shape index (κ2) is 7.66. The van der Waals surface area contributed by atoms with Crippen molar-refractivity contribution in [3.05, 3.63) is 65.9 Å². The van der Waals surface area contributed by atoms with E-state index in [2.05, 4.69) is 4.98 Å². The number of halogens is 3. The highest BCUT2D eigenvalue weighted by atomic mass is 32.2. The monoisotopic (exact) mass is 402 g/mol. The second-order valence-corrected chi connectivity index (χ2v) is 8.47. The van der Waals surface area contributed by atoms with Gasteiger partial charge in [0.05, 0.1) is 17.5 Å². The quantitative estimate of drug-likeness (QED) is 0.472. The van der Waals surface area contributed by atoms with Gasteiger partial charge in [-0.15, -0.1) is 0 Å². The first-order chi connectivity index (χ1) is 13.4. The molecule has 1 heterocycles. The van der Waals surface area contributed by atoms with Gasteiger partial charge in [0, 0.05) is 16.5 Å². The topological polar surface area (TPSA) is 17.8 Å². The summed E-state index contributed by atoms with van der Waals surface area (Å²) >= 11 is 1.68. The summed E-state index contributed by atoms with van der Waals surface area (Å²) in [6, 6.07) is 13.5. The van der Waals surface area contributed by atoms with Gasteiger partial charge in [-0.3, -0.25) is 4.57 Å². The molecule has 1 aliphatic carbocycles. The van der Waals surface area contributed by atoms with Crippen LogP contribution in [0, 0.1) is 6.92 Å². The molecule has 0 atom stereocenters. The van der Waals surface area contributed by atoms with Crippen LogP contribution in [0.3, 0.4) is 0 Å². The maximum absolute atomic E-state index is 13.3. The molecule has 0 radical (unpaired) electrons. The molecule has 1 fully saturated rings. The highest BCUT2D eigenvalue weighted by molar-refractivity contribution is 7.99. The van der Waals surface area contributed by atoms with Gasteiger partial charge in [-0.2, -0.15) is 13.2 Å². The highest BCUT2D eigenvalue weighted by Crippen LogP contribution is 2.38. The van der Waals surface area contributed by atoms with Crippen molar-refractivity contribution in [3.63, 3.8) is 0 Å². The minimum Gasteiger partial charge on any atom is -0.287 e. The number of aromatic nitrogens is 2. The molecule has 1 saturated carbocycles. The molecule has 0 aliphatic heterocycles. The zero-order chi connectivity index (χ0) is 19.7. The highest BCUT2D eigenvalue weighted by Gasteiger charge is 2.31. The van der Waals surface area contributed by atoms with Crippen molar-refractivity contribution in [2.45, 2.75) is 49.2 Å². The fourth-order valence-corrected chi connectivity index (χ4v) is 4.86. The third kappa shape index (κ3) is 3.97. The molecule has 4 rings (SSSR count). The van der Waals surface area contributed by atoms with Gasteiger partial charge in [0.2, 0.25) is 0 Å². The Kier molecular flexibility index (Phi) is 5.23. The first-order valence-electron chi connectivity index (χ1n) is 9.41. The largest absolute Gasteiger partial charge is 0.416 e. The number of hydrogen-bond donors (Lipinski definition) is 0. The Hall–Kier alpha value is -2.21. The summed E-state index contributed by atoms with van der Waals surface area (Å²) in [7, 11) is 0. The summed E-state index contributed by atoms with van der Waals surface area (Å²) in [5, 5.41) is 1.22. The van der Waals surface area contributed by atoms with Crippen LogP contribution in [0.15, 0.2) is 59.9 Å². The molecule has 28 heavy (non-hydrogen) atoms. The van der Waals surface area contributed by atoms with Gasteiger partial charge >= 0.3 is 6.18 Å². The molecule has 2 aromatic carbocycles. The summed E-state index contributed by atoms with van der Waals surface area (Å²) in [5.41, 5.74) is 2.72. The van der Waals surface area contributed by atoms with Gasteiger partial charge in [0.25, 0.3) is 0 Å². The Morgan fingerprint density at radius 3 is 2.43 bits per heavy atom. The van der Waals surface area contributed by atoms with Crippen molar-refractivity contribution < 1.29 is 13.2 Å². The zero-order valence-corrected chi connectivity index (χ0v) is 16.4. The average molecular weight is 402 g/mol. The van der Waals surface area contributed by atoms with Crippen molar-refractivity contribution in [2.24, 2.45) is 0 Å². The third-order valence-corrected chi connectivity index (χ3v) is 6.39. The van der Waals surface area contributed by atoms with Crippen LogP contribution in [0.2, 0.25) is 0 Å². The molecule has 1 aromatic heterocycles. The van der Waals surface area contributed by atoms with Crippen LogP contribution in [0.4, 0.5) is 13.2 Å². The molecule has 0 spiro atoms. The van der Waals surface area contributed by atoms with Crippen molar-refractivity contribution >= 4 is 11.8 Å². The summed E-state index contributed by atoms with van der Waals surface area (Å²) in [6.07, 6.45) is 2.04. The molecule has 2 nitrogen and oxygen atoms in total. The van der Waals surface area contributed by atoms with Gasteiger partial charge in [0.15, 0.2) is 5.16 Å². The van der Waals surface area contributed by atoms with E-state index >= 15 is 0 Å². The lowest BCUT2D eigenvalue weighted by molar-refractivity contribution is -0.137.